The minimum atomic E-state index is -1.98. The molecule has 2 heterocycles. The van der Waals surface area contributed by atoms with Gasteiger partial charge in [0.15, 0.2) is 6.10 Å². The van der Waals surface area contributed by atoms with Crippen LogP contribution >= 0.6 is 0 Å². The molecule has 4 aromatic carbocycles. The van der Waals surface area contributed by atoms with E-state index in [-0.39, 0.29) is 57.4 Å². The number of aliphatic carboxylic acids is 1. The van der Waals surface area contributed by atoms with Crippen molar-refractivity contribution in [2.75, 3.05) is 106 Å². The van der Waals surface area contributed by atoms with Crippen LogP contribution in [-0.2, 0) is 49.4 Å². The summed E-state index contributed by atoms with van der Waals surface area (Å²) >= 11 is 0. The topological polar surface area (TPSA) is 289 Å². The van der Waals surface area contributed by atoms with Crippen LogP contribution in [0.15, 0.2) is 65.8 Å². The van der Waals surface area contributed by atoms with E-state index in [1.165, 1.54) is 37.3 Å². The van der Waals surface area contributed by atoms with Crippen LogP contribution in [0.3, 0.4) is 0 Å². The van der Waals surface area contributed by atoms with E-state index in [1.807, 2.05) is 38.1 Å². The second kappa shape index (κ2) is 27.5. The van der Waals surface area contributed by atoms with Crippen molar-refractivity contribution in [2.24, 2.45) is 5.16 Å². The number of aliphatic hydroxyl groups is 3. The Morgan fingerprint density at radius 2 is 1.38 bits per heavy atom. The lowest BCUT2D eigenvalue weighted by Crippen LogP contribution is -2.61. The van der Waals surface area contributed by atoms with Gasteiger partial charge < -0.3 is 78.1 Å². The molecule has 5 atom stereocenters. The summed E-state index contributed by atoms with van der Waals surface area (Å²) in [5.41, 5.74) is 1.63. The third-order valence-electron chi connectivity index (χ3n) is 11.4. The number of nitrogens with zero attached hydrogens (tertiary/aromatic N) is 3. The van der Waals surface area contributed by atoms with Crippen molar-refractivity contribution in [2.45, 2.75) is 51.2 Å². The van der Waals surface area contributed by atoms with Crippen LogP contribution in [0.25, 0.3) is 21.5 Å². The maximum atomic E-state index is 14.1. The minimum Gasteiger partial charge on any atom is -0.496 e. The van der Waals surface area contributed by atoms with Crippen molar-refractivity contribution in [3.05, 3.63) is 82.9 Å². The van der Waals surface area contributed by atoms with E-state index in [1.54, 1.807) is 18.2 Å². The van der Waals surface area contributed by atoms with Gasteiger partial charge in [0.25, 0.3) is 17.7 Å². The van der Waals surface area contributed by atoms with Crippen molar-refractivity contribution in [3.63, 3.8) is 0 Å². The van der Waals surface area contributed by atoms with Gasteiger partial charge in [0, 0.05) is 43.0 Å². The van der Waals surface area contributed by atoms with E-state index in [4.69, 9.17) is 47.5 Å². The lowest BCUT2D eigenvalue weighted by molar-refractivity contribution is -0.271. The molecule has 73 heavy (non-hydrogen) atoms. The molecular weight excluding hydrogens is 961 g/mol. The van der Waals surface area contributed by atoms with Crippen LogP contribution in [-0.4, -0.2) is 203 Å². The average molecular weight is 1020 g/mol. The Morgan fingerprint density at radius 1 is 0.753 bits per heavy atom. The summed E-state index contributed by atoms with van der Waals surface area (Å²) in [5, 5.41) is 49.7. The Kier molecular flexibility index (Phi) is 21.0. The first-order valence-electron chi connectivity index (χ1n) is 23.5. The zero-order valence-corrected chi connectivity index (χ0v) is 41.0. The van der Waals surface area contributed by atoms with Crippen molar-refractivity contribution < 1.29 is 91.9 Å². The van der Waals surface area contributed by atoms with Gasteiger partial charge in [-0.05, 0) is 60.5 Å². The number of carboxylic acid groups (broad SMARTS) is 1. The number of carbonyl (C=O) groups is 5. The zero-order valence-electron chi connectivity index (χ0n) is 41.0. The molecule has 0 unspecified atom stereocenters. The molecule has 0 bridgehead atoms. The molecule has 4 amide bonds. The third-order valence-corrected chi connectivity index (χ3v) is 11.4. The van der Waals surface area contributed by atoms with Crippen LogP contribution in [0.4, 0.5) is 4.79 Å². The van der Waals surface area contributed by atoms with E-state index in [2.05, 4.69) is 10.5 Å². The fourth-order valence-electron chi connectivity index (χ4n) is 7.71. The molecule has 4 aromatic rings. The normalized spacial score (nSPS) is 18.4. The molecule has 2 aliphatic rings. The molecule has 1 saturated heterocycles. The number of hydrogen-bond donors (Lipinski definition) is 5. The van der Waals surface area contributed by atoms with Crippen molar-refractivity contribution in [3.8, 4) is 11.5 Å². The number of amides is 4. The van der Waals surface area contributed by atoms with Gasteiger partial charge in [-0.25, -0.2) is 9.59 Å². The summed E-state index contributed by atoms with van der Waals surface area (Å²) < 4.78 is 49.5. The highest BCUT2D eigenvalue weighted by atomic mass is 16.7. The first-order valence-corrected chi connectivity index (χ1v) is 23.5. The molecule has 0 radical (unpaired) electrons. The van der Waals surface area contributed by atoms with Crippen LogP contribution < -0.4 is 14.8 Å². The predicted molar refractivity (Wildman–Crippen MR) is 259 cm³/mol. The number of nitrogens with one attached hydrogen (secondary N) is 1. The molecule has 1 fully saturated rings. The maximum absolute atomic E-state index is 14.1. The number of oxime groups is 1. The summed E-state index contributed by atoms with van der Waals surface area (Å²) in [6.07, 6.45) is -10.5. The van der Waals surface area contributed by atoms with Crippen LogP contribution in [0, 0.1) is 0 Å². The number of hydrogen-bond acceptors (Lipinski definition) is 19. The SMILES string of the molecule is COc1ccc2c3c(c4ccccc4cc13)C(=O)N(CCN(C)C(=O)OCc1ccc(O[C@@H]3O[C@H](C(=O)O)[C@@H](O)[C@H](O)[C@H]3O)c(C(=O)NCCOCCOCCOCCOCCOCCON=C(C)C)c1)C2=O. The van der Waals surface area contributed by atoms with Crippen molar-refractivity contribution in [1.82, 2.24) is 15.1 Å². The van der Waals surface area contributed by atoms with Gasteiger partial charge >= 0.3 is 12.1 Å². The minimum absolute atomic E-state index is 0.0129. The Hall–Kier alpha value is -6.54. The van der Waals surface area contributed by atoms with E-state index < -0.39 is 60.5 Å². The van der Waals surface area contributed by atoms with Crippen molar-refractivity contribution in [1.29, 1.82) is 0 Å². The lowest BCUT2D eigenvalue weighted by atomic mass is 9.89. The van der Waals surface area contributed by atoms with Crippen LogP contribution in [0.2, 0.25) is 0 Å². The monoisotopic (exact) mass is 1020 g/mol. The molecule has 0 aliphatic carbocycles. The molecule has 6 rings (SSSR count). The first kappa shape index (κ1) is 55.8. The summed E-state index contributed by atoms with van der Waals surface area (Å²) in [6, 6.07) is 16.6. The second-order valence-corrected chi connectivity index (χ2v) is 16.8. The van der Waals surface area contributed by atoms with Gasteiger partial charge in [-0.15, -0.1) is 0 Å². The molecule has 23 nitrogen and oxygen atoms in total. The highest BCUT2D eigenvalue weighted by Gasteiger charge is 2.48. The molecule has 2 aliphatic heterocycles. The van der Waals surface area contributed by atoms with Crippen LogP contribution in [0.1, 0.15) is 50.5 Å². The smallest absolute Gasteiger partial charge is 0.409 e. The largest absolute Gasteiger partial charge is 0.496 e. The van der Waals surface area contributed by atoms with Gasteiger partial charge in [0.1, 0.15) is 43.0 Å². The molecule has 23 heteroatoms. The van der Waals surface area contributed by atoms with Gasteiger partial charge in [0.05, 0.1) is 90.0 Å². The van der Waals surface area contributed by atoms with Gasteiger partial charge in [-0.1, -0.05) is 35.5 Å². The Labute approximate surface area is 420 Å². The lowest BCUT2D eigenvalue weighted by Gasteiger charge is -2.38. The predicted octanol–water partition coefficient (Wildman–Crippen LogP) is 2.36. The summed E-state index contributed by atoms with van der Waals surface area (Å²) in [4.78, 5) is 73.9. The fraction of sp³-hybridized carbons (Fsp3) is 0.480. The quantitative estimate of drug-likeness (QED) is 0.0172. The number of carboxylic acids is 1. The second-order valence-electron chi connectivity index (χ2n) is 16.8. The summed E-state index contributed by atoms with van der Waals surface area (Å²) in [7, 11) is 2.95. The number of methoxy groups -OCH3 is 1. The molecule has 0 spiro atoms. The Bertz CT molecular complexity index is 2570. The van der Waals surface area contributed by atoms with E-state index >= 15 is 0 Å². The Morgan fingerprint density at radius 3 is 2.03 bits per heavy atom. The molecular formula is C50H62N4O19. The summed E-state index contributed by atoms with van der Waals surface area (Å²) in [5.74, 6) is -3.10. The average Bonchev–Trinajstić information content (AvgIpc) is 3.38. The first-order chi connectivity index (χ1) is 35.2. The maximum Gasteiger partial charge on any atom is 0.409 e. The highest BCUT2D eigenvalue weighted by Crippen LogP contribution is 2.40. The molecule has 0 aromatic heterocycles. The number of carbonyl (C=O) groups excluding carboxylic acids is 4. The number of likely N-dealkylation sites (N-methyl/N-ethyl adjacent to an activating group) is 1. The molecule has 5 N–H and O–H groups in total. The van der Waals surface area contributed by atoms with E-state index in [0.29, 0.717) is 91.5 Å². The molecule has 396 valence electrons. The molecule has 0 saturated carbocycles. The number of rotatable bonds is 29. The van der Waals surface area contributed by atoms with E-state index in [0.717, 1.165) is 16.0 Å². The fourth-order valence-corrected chi connectivity index (χ4v) is 7.71. The highest BCUT2D eigenvalue weighted by molar-refractivity contribution is 6.31. The van der Waals surface area contributed by atoms with E-state index in [9.17, 15) is 44.4 Å². The van der Waals surface area contributed by atoms with Crippen molar-refractivity contribution >= 4 is 57.0 Å². The number of ether oxygens (including phenoxy) is 9. The zero-order chi connectivity index (χ0) is 52.4. The summed E-state index contributed by atoms with van der Waals surface area (Å²) in [6.45, 7) is 6.64. The number of imide groups is 1. The third kappa shape index (κ3) is 14.8. The Balaban J connectivity index is 0.979. The van der Waals surface area contributed by atoms with Gasteiger partial charge in [-0.3, -0.25) is 19.3 Å². The standard InChI is InChI=1S/C50H62N4O19/c1-30(2)52-71-26-25-69-24-23-68-22-21-67-20-19-66-18-17-65-16-13-51-45(58)36-27-31(9-11-38(36)72-49-43(57)41(55)42(56)44(73-49)48(61)62)29-70-50(63)53(3)14-15-54-46(59)34-10-12-37(64-4)35-28-32-7-5-6-8-33(32)40(39(34)35)47(54)60/h5-12,27-28,41-44,49,55-57H,13-26,29H2,1-4H3,(H,51,58)(H,61,62)/t41-,42-,43+,44-,49+/m0/s1. The number of benzene rings is 4. The number of aliphatic hydroxyl groups excluding tert-OH is 3. The number of fused-ring (bicyclic) bond motifs is 2. The van der Waals surface area contributed by atoms with Gasteiger partial charge in [-0.2, -0.15) is 0 Å². The van der Waals surface area contributed by atoms with Crippen LogP contribution in [0.5, 0.6) is 11.5 Å². The van der Waals surface area contributed by atoms with Gasteiger partial charge in [0.2, 0.25) is 6.29 Å².